The standard InChI is InChI=1S/C18H24N2O2/c1-18(2)7-4-8-20(12-18)11-17(21)15-10-19-16-6-5-13(22-3)9-14(15)16/h5-6,9-10,19H,4,7-8,11-12H2,1-3H3/p+1. The molecule has 0 amide bonds. The minimum atomic E-state index is 0.215. The number of Topliss-reactive ketones (excluding diaryl/α,β-unsaturated/α-hetero) is 1. The van der Waals surface area contributed by atoms with Gasteiger partial charge in [-0.15, -0.1) is 0 Å². The fourth-order valence-corrected chi connectivity index (χ4v) is 3.60. The molecular weight excluding hydrogens is 276 g/mol. The normalized spacial score (nSPS) is 21.0. The molecule has 0 spiro atoms. The number of ketones is 1. The maximum Gasteiger partial charge on any atom is 0.219 e. The summed E-state index contributed by atoms with van der Waals surface area (Å²) in [6, 6.07) is 5.81. The van der Waals surface area contributed by atoms with Crippen molar-refractivity contribution in [2.75, 3.05) is 26.7 Å². The van der Waals surface area contributed by atoms with Crippen molar-refractivity contribution in [1.29, 1.82) is 0 Å². The lowest BCUT2D eigenvalue weighted by Crippen LogP contribution is -3.15. The van der Waals surface area contributed by atoms with Gasteiger partial charge in [0.25, 0.3) is 0 Å². The van der Waals surface area contributed by atoms with E-state index in [-0.39, 0.29) is 5.78 Å². The molecule has 2 aromatic rings. The molecule has 1 atom stereocenters. The Bertz CT molecular complexity index is 687. The summed E-state index contributed by atoms with van der Waals surface area (Å²) in [6.45, 7) is 7.35. The van der Waals surface area contributed by atoms with Gasteiger partial charge in [-0.3, -0.25) is 4.79 Å². The van der Waals surface area contributed by atoms with Gasteiger partial charge in [-0.2, -0.15) is 0 Å². The zero-order valence-electron chi connectivity index (χ0n) is 13.7. The van der Waals surface area contributed by atoms with Crippen LogP contribution in [0.4, 0.5) is 0 Å². The van der Waals surface area contributed by atoms with Crippen molar-refractivity contribution in [1.82, 2.24) is 4.98 Å². The topological polar surface area (TPSA) is 46.5 Å². The molecule has 0 aliphatic carbocycles. The second kappa shape index (κ2) is 5.76. The fraction of sp³-hybridized carbons (Fsp3) is 0.500. The smallest absolute Gasteiger partial charge is 0.219 e. The summed E-state index contributed by atoms with van der Waals surface area (Å²) in [5, 5.41) is 0.958. The van der Waals surface area contributed by atoms with Gasteiger partial charge in [-0.05, 0) is 31.0 Å². The van der Waals surface area contributed by atoms with Gasteiger partial charge in [-0.1, -0.05) is 13.8 Å². The molecule has 1 aliphatic heterocycles. The monoisotopic (exact) mass is 301 g/mol. The number of ether oxygens (including phenoxy) is 1. The summed E-state index contributed by atoms with van der Waals surface area (Å²) in [6.07, 6.45) is 4.30. The van der Waals surface area contributed by atoms with Crippen molar-refractivity contribution >= 4 is 16.7 Å². The van der Waals surface area contributed by atoms with E-state index in [1.54, 1.807) is 7.11 Å². The van der Waals surface area contributed by atoms with Crippen LogP contribution >= 0.6 is 0 Å². The van der Waals surface area contributed by atoms with E-state index in [1.807, 2.05) is 24.4 Å². The van der Waals surface area contributed by atoms with Gasteiger partial charge in [0.2, 0.25) is 5.78 Å². The lowest BCUT2D eigenvalue weighted by molar-refractivity contribution is -0.903. The number of piperidine rings is 1. The maximum absolute atomic E-state index is 12.7. The fourth-order valence-electron chi connectivity index (χ4n) is 3.60. The van der Waals surface area contributed by atoms with E-state index in [1.165, 1.54) is 17.7 Å². The number of quaternary nitrogens is 1. The molecule has 1 unspecified atom stereocenters. The van der Waals surface area contributed by atoms with Gasteiger partial charge in [0.05, 0.1) is 20.2 Å². The van der Waals surface area contributed by atoms with Crippen LogP contribution in [0.5, 0.6) is 5.75 Å². The number of aromatic nitrogens is 1. The summed E-state index contributed by atoms with van der Waals surface area (Å²) < 4.78 is 5.27. The first-order valence-electron chi connectivity index (χ1n) is 8.00. The van der Waals surface area contributed by atoms with Crippen LogP contribution in [0.25, 0.3) is 10.9 Å². The quantitative estimate of drug-likeness (QED) is 0.849. The number of benzene rings is 1. The van der Waals surface area contributed by atoms with Crippen LogP contribution in [0, 0.1) is 5.41 Å². The van der Waals surface area contributed by atoms with Gasteiger partial charge in [0.15, 0.2) is 0 Å². The molecule has 2 N–H and O–H groups in total. The van der Waals surface area contributed by atoms with E-state index in [0.29, 0.717) is 12.0 Å². The molecule has 1 aromatic heterocycles. The first-order chi connectivity index (χ1) is 10.5. The molecule has 22 heavy (non-hydrogen) atoms. The van der Waals surface area contributed by atoms with Crippen LogP contribution in [0.1, 0.15) is 37.0 Å². The zero-order valence-corrected chi connectivity index (χ0v) is 13.7. The number of aromatic amines is 1. The molecule has 1 aliphatic rings. The van der Waals surface area contributed by atoms with E-state index in [2.05, 4.69) is 18.8 Å². The van der Waals surface area contributed by atoms with Crippen molar-refractivity contribution in [3.63, 3.8) is 0 Å². The van der Waals surface area contributed by atoms with E-state index in [9.17, 15) is 4.79 Å². The number of hydrogen-bond donors (Lipinski definition) is 2. The molecule has 0 bridgehead atoms. The van der Waals surface area contributed by atoms with Gasteiger partial charge >= 0.3 is 0 Å². The number of nitrogens with one attached hydrogen (secondary N) is 2. The van der Waals surface area contributed by atoms with Crippen LogP contribution in [0.15, 0.2) is 24.4 Å². The lowest BCUT2D eigenvalue weighted by Gasteiger charge is -2.34. The van der Waals surface area contributed by atoms with Crippen molar-refractivity contribution in [2.45, 2.75) is 26.7 Å². The molecule has 2 heterocycles. The highest BCUT2D eigenvalue weighted by atomic mass is 16.5. The number of H-pyrrole nitrogens is 1. The summed E-state index contributed by atoms with van der Waals surface area (Å²) in [5.41, 5.74) is 2.11. The molecule has 4 nitrogen and oxygen atoms in total. The molecule has 0 radical (unpaired) electrons. The third-order valence-electron chi connectivity index (χ3n) is 4.71. The number of hydrogen-bond acceptors (Lipinski definition) is 2. The van der Waals surface area contributed by atoms with Crippen LogP contribution in [0.3, 0.4) is 0 Å². The molecule has 118 valence electrons. The Hall–Kier alpha value is -1.81. The molecule has 1 saturated heterocycles. The predicted octanol–water partition coefficient (Wildman–Crippen LogP) is 2.06. The first kappa shape index (κ1) is 15.1. The average Bonchev–Trinajstić information content (AvgIpc) is 2.89. The van der Waals surface area contributed by atoms with Crippen molar-refractivity contribution in [2.24, 2.45) is 5.41 Å². The highest BCUT2D eigenvalue weighted by Crippen LogP contribution is 2.24. The summed E-state index contributed by atoms with van der Waals surface area (Å²) in [4.78, 5) is 17.3. The maximum atomic E-state index is 12.7. The number of carbonyl (C=O) groups is 1. The van der Waals surface area contributed by atoms with Gasteiger partial charge in [0.1, 0.15) is 12.3 Å². The summed E-state index contributed by atoms with van der Waals surface area (Å²) >= 11 is 0. The largest absolute Gasteiger partial charge is 0.497 e. The summed E-state index contributed by atoms with van der Waals surface area (Å²) in [5.74, 6) is 1.000. The van der Waals surface area contributed by atoms with E-state index >= 15 is 0 Å². The molecule has 3 rings (SSSR count). The molecular formula is C18H25N2O2+. The molecule has 4 heteroatoms. The van der Waals surface area contributed by atoms with Crippen molar-refractivity contribution in [3.05, 3.63) is 30.0 Å². The predicted molar refractivity (Wildman–Crippen MR) is 87.8 cm³/mol. The highest BCUT2D eigenvalue weighted by molar-refractivity contribution is 6.08. The SMILES string of the molecule is COc1ccc2[nH]cc(C(=O)C[NH+]3CCCC(C)(C)C3)c2c1. The van der Waals surface area contributed by atoms with Gasteiger partial charge in [0, 0.05) is 28.1 Å². The average molecular weight is 301 g/mol. The Labute approximate surface area is 131 Å². The van der Waals surface area contributed by atoms with Crippen LogP contribution in [0.2, 0.25) is 0 Å². The van der Waals surface area contributed by atoms with Gasteiger partial charge in [-0.25, -0.2) is 0 Å². The number of likely N-dealkylation sites (tertiary alicyclic amines) is 1. The minimum Gasteiger partial charge on any atom is -0.497 e. The third-order valence-corrected chi connectivity index (χ3v) is 4.71. The number of carbonyl (C=O) groups excluding carboxylic acids is 1. The third kappa shape index (κ3) is 3.02. The summed E-state index contributed by atoms with van der Waals surface area (Å²) in [7, 11) is 1.65. The Morgan fingerprint density at radius 1 is 1.41 bits per heavy atom. The second-order valence-corrected chi connectivity index (χ2v) is 7.16. The van der Waals surface area contributed by atoms with Crippen LogP contribution in [-0.4, -0.2) is 37.5 Å². The second-order valence-electron chi connectivity index (χ2n) is 7.16. The van der Waals surface area contributed by atoms with Gasteiger partial charge < -0.3 is 14.6 Å². The number of fused-ring (bicyclic) bond motifs is 1. The number of methoxy groups -OCH3 is 1. The minimum absolute atomic E-state index is 0.215. The van der Waals surface area contributed by atoms with E-state index in [0.717, 1.165) is 35.3 Å². The Morgan fingerprint density at radius 2 is 2.23 bits per heavy atom. The lowest BCUT2D eigenvalue weighted by atomic mass is 9.84. The van der Waals surface area contributed by atoms with E-state index < -0.39 is 0 Å². The molecule has 1 fully saturated rings. The van der Waals surface area contributed by atoms with Crippen molar-refractivity contribution < 1.29 is 14.4 Å². The zero-order chi connectivity index (χ0) is 15.7. The highest BCUT2D eigenvalue weighted by Gasteiger charge is 2.31. The van der Waals surface area contributed by atoms with Crippen LogP contribution < -0.4 is 9.64 Å². The molecule has 0 saturated carbocycles. The number of rotatable bonds is 4. The Morgan fingerprint density at radius 3 is 2.95 bits per heavy atom. The van der Waals surface area contributed by atoms with Crippen LogP contribution in [-0.2, 0) is 0 Å². The van der Waals surface area contributed by atoms with E-state index in [4.69, 9.17) is 4.74 Å². The Kier molecular flexibility index (Phi) is 3.96. The first-order valence-corrected chi connectivity index (χ1v) is 8.00. The molecule has 1 aromatic carbocycles. The van der Waals surface area contributed by atoms with Crippen molar-refractivity contribution in [3.8, 4) is 5.75 Å². The Balaban J connectivity index is 1.80.